The zero-order valence-corrected chi connectivity index (χ0v) is 63.2. The minimum absolute atomic E-state index is 0.900. The second-order valence-corrected chi connectivity index (χ2v) is 27.8. The van der Waals surface area contributed by atoms with Crippen LogP contribution in [-0.4, -0.2) is 28.0 Å². The summed E-state index contributed by atoms with van der Waals surface area (Å²) in [6.45, 7) is 63.1. The molecule has 8 aromatic rings. The Bertz CT molecular complexity index is 3050. The maximum Gasteiger partial charge on any atom is 0.245 e. The van der Waals surface area contributed by atoms with E-state index in [9.17, 15) is 0 Å². The second kappa shape index (κ2) is 38.5. The van der Waals surface area contributed by atoms with Gasteiger partial charge in [-0.2, -0.15) is 14.2 Å². The third kappa shape index (κ3) is 26.3. The Kier molecular flexibility index (Phi) is 34.9. The molecule has 0 fully saturated rings. The van der Waals surface area contributed by atoms with Crippen LogP contribution in [0.1, 0.15) is 183 Å². The Morgan fingerprint density at radius 3 is 1.01 bits per heavy atom. The molecule has 2 aliphatic rings. The number of thiazole rings is 1. The summed E-state index contributed by atoms with van der Waals surface area (Å²) in [5.74, 6) is 4.35. The van der Waals surface area contributed by atoms with Crippen LogP contribution in [0.2, 0.25) is 0 Å². The maximum atomic E-state index is 5.34. The number of thiophene rings is 2. The molecule has 0 atom stereocenters. The number of hydrogen-bond donors (Lipinski definition) is 0. The summed E-state index contributed by atoms with van der Waals surface area (Å²) < 4.78 is 24.0. The molecular formula is C75H117N6O3S3+3. The summed E-state index contributed by atoms with van der Waals surface area (Å²) in [4.78, 5) is 11.4. The lowest BCUT2D eigenvalue weighted by Crippen LogP contribution is -2.43. The third-order valence-corrected chi connectivity index (χ3v) is 21.0. The number of benzene rings is 1. The fraction of sp³-hybridized carbons (Fsp3) is 0.507. The molecule has 10 rings (SSSR count). The van der Waals surface area contributed by atoms with E-state index < -0.39 is 0 Å². The number of pyridine rings is 1. The minimum Gasteiger partial charge on any atom is -0.498 e. The third-order valence-electron chi connectivity index (χ3n) is 17.5. The van der Waals surface area contributed by atoms with E-state index in [2.05, 4.69) is 246 Å². The van der Waals surface area contributed by atoms with Crippen LogP contribution in [0, 0.1) is 173 Å². The van der Waals surface area contributed by atoms with E-state index in [1.165, 1.54) is 143 Å². The van der Waals surface area contributed by atoms with Gasteiger partial charge < -0.3 is 13.9 Å². The molecule has 0 saturated heterocycles. The molecule has 1 aromatic carbocycles. The van der Waals surface area contributed by atoms with Crippen molar-refractivity contribution in [3.8, 4) is 0 Å². The van der Waals surface area contributed by atoms with Gasteiger partial charge in [0.05, 0.1) is 41.1 Å². The molecule has 7 aromatic heterocycles. The molecule has 2 aliphatic heterocycles. The second-order valence-electron chi connectivity index (χ2n) is 23.5. The molecule has 0 N–H and O–H groups in total. The smallest absolute Gasteiger partial charge is 0.245 e. The van der Waals surface area contributed by atoms with E-state index in [0.717, 1.165) is 48.4 Å². The average Bonchev–Trinajstić information content (AvgIpc) is 4.48. The van der Waals surface area contributed by atoms with Gasteiger partial charge in [0.1, 0.15) is 32.7 Å². The fourth-order valence-corrected chi connectivity index (χ4v) is 11.4. The number of allylic oxidation sites excluding steroid dienone is 3. The first-order chi connectivity index (χ1) is 40.4. The summed E-state index contributed by atoms with van der Waals surface area (Å²) in [6.07, 6.45) is 9.73. The van der Waals surface area contributed by atoms with Crippen molar-refractivity contribution in [2.75, 3.05) is 13.2 Å². The van der Waals surface area contributed by atoms with Crippen molar-refractivity contribution >= 4 is 34.0 Å². The van der Waals surface area contributed by atoms with Gasteiger partial charge in [0.2, 0.25) is 23.8 Å². The number of aryl methyl sites for hydroxylation is 17. The van der Waals surface area contributed by atoms with Gasteiger partial charge in [0.15, 0.2) is 11.9 Å². The van der Waals surface area contributed by atoms with Crippen molar-refractivity contribution in [2.45, 2.75) is 220 Å². The van der Waals surface area contributed by atoms with Gasteiger partial charge in [-0.25, -0.2) is 9.55 Å². The number of hydrogen-bond acceptors (Lipinski definition) is 8. The van der Waals surface area contributed by atoms with Crippen molar-refractivity contribution in [3.05, 3.63) is 208 Å². The van der Waals surface area contributed by atoms with Gasteiger partial charge >= 0.3 is 0 Å². The predicted molar refractivity (Wildman–Crippen MR) is 376 cm³/mol. The molecule has 12 heteroatoms. The van der Waals surface area contributed by atoms with Crippen LogP contribution < -0.4 is 13.7 Å². The monoisotopic (exact) mass is 1250 g/mol. The van der Waals surface area contributed by atoms with Gasteiger partial charge in [-0.3, -0.25) is 4.68 Å². The van der Waals surface area contributed by atoms with Gasteiger partial charge in [0, 0.05) is 75.9 Å². The Morgan fingerprint density at radius 2 is 0.805 bits per heavy atom. The maximum absolute atomic E-state index is 5.34. The fourth-order valence-electron chi connectivity index (χ4n) is 8.42. The highest BCUT2D eigenvalue weighted by Gasteiger charge is 2.13. The highest BCUT2D eigenvalue weighted by molar-refractivity contribution is 7.12. The Labute approximate surface area is 542 Å². The summed E-state index contributed by atoms with van der Waals surface area (Å²) in [5, 5.41) is 5.39. The minimum atomic E-state index is 0.900. The quantitative estimate of drug-likeness (QED) is 0.141. The molecule has 0 saturated carbocycles. The number of ether oxygens (including phenoxy) is 2. The van der Waals surface area contributed by atoms with E-state index in [1.54, 1.807) is 11.3 Å². The summed E-state index contributed by atoms with van der Waals surface area (Å²) >= 11 is 5.55. The van der Waals surface area contributed by atoms with E-state index in [1.807, 2.05) is 82.9 Å². The Hall–Kier alpha value is -5.95. The van der Waals surface area contributed by atoms with Gasteiger partial charge in [-0.1, -0.05) is 18.2 Å². The van der Waals surface area contributed by atoms with Crippen LogP contribution in [0.5, 0.6) is 0 Å². The largest absolute Gasteiger partial charge is 0.498 e. The van der Waals surface area contributed by atoms with Crippen molar-refractivity contribution in [2.24, 2.45) is 28.2 Å². The first-order valence-corrected chi connectivity index (χ1v) is 33.1. The lowest BCUT2D eigenvalue weighted by molar-refractivity contribution is -0.735. The van der Waals surface area contributed by atoms with E-state index in [-0.39, 0.29) is 0 Å². The molecule has 0 amide bonds. The number of furan rings is 1. The standard InChI is InChI=1S/C9H12.C8H14N2.C8H12N.C8H12O.2C8H12S.C7H12N2.C7H12O.C6H9NS.C6H10O/c1-7-5-4-6-8(2)9(7)3;1-7-8(2)10(4)6-5-9(7)3;1-7-5-4-6-9(3)8(7)2;3*1-5-6(2)8(4)9-7(5)3;1-5-6(2)8-9(4)7(5)3;1-6-4-3-5-8-7(6)2;1-4-5(2)8-6(3)7-4;1-5-3-4-7-6(5)2/h4-6H,1-3H3;5-6H,1-4H3;4-6H,1-3H3;4*1-4H3;3-5H2,1-2H3;1-3H3;3-4H2,1-2H3/q;+2;+1;;;;;;;. The van der Waals surface area contributed by atoms with Crippen LogP contribution in [-0.2, 0) is 37.7 Å². The molecule has 87 heavy (non-hydrogen) atoms. The number of rotatable bonds is 0. The van der Waals surface area contributed by atoms with Gasteiger partial charge in [-0.15, -0.1) is 34.0 Å². The van der Waals surface area contributed by atoms with Gasteiger partial charge in [0.25, 0.3) is 0 Å². The van der Waals surface area contributed by atoms with Crippen LogP contribution >= 0.6 is 34.0 Å². The molecule has 0 unspecified atom stereocenters. The molecule has 0 radical (unpaired) electrons. The van der Waals surface area contributed by atoms with Crippen LogP contribution in [0.4, 0.5) is 0 Å². The predicted octanol–water partition coefficient (Wildman–Crippen LogP) is 19.4. The Morgan fingerprint density at radius 1 is 0.402 bits per heavy atom. The van der Waals surface area contributed by atoms with Crippen LogP contribution in [0.3, 0.4) is 0 Å². The van der Waals surface area contributed by atoms with Gasteiger partial charge in [-0.05, 0) is 266 Å². The number of nitrogens with zero attached hydrogens (tertiary/aromatic N) is 6. The van der Waals surface area contributed by atoms with Crippen molar-refractivity contribution in [1.82, 2.24) is 14.8 Å². The average molecular weight is 1250 g/mol. The normalized spacial score (nSPS) is 11.8. The van der Waals surface area contributed by atoms with Crippen molar-refractivity contribution in [1.29, 1.82) is 0 Å². The molecule has 0 bridgehead atoms. The topological polar surface area (TPSA) is 73.9 Å². The molecule has 0 spiro atoms. The first-order valence-electron chi connectivity index (χ1n) is 30.7. The van der Waals surface area contributed by atoms with Crippen LogP contribution in [0.15, 0.2) is 76.0 Å². The molecule has 9 heterocycles. The SMILES string of the molecule is CC1=C(C)OCC1.CC1=C(C)OCCC1.Cc1c(C)[n+](C)cc[n+]1C.Cc1ccc[n+](C)c1C.Cc1cccc(C)c1C.Cc1nc(C)c(C)s1.Cc1nn(C)c(C)c1C.Cc1oc(C)c(C)c1C.Cc1sc(C)c(C)c1C.Cc1sc(C)c(C)c1C. The number of aromatic nitrogens is 6. The molecular weight excluding hydrogens is 1130 g/mol. The molecule has 9 nitrogen and oxygen atoms in total. The zero-order valence-electron chi connectivity index (χ0n) is 60.8. The van der Waals surface area contributed by atoms with E-state index in [0.29, 0.717) is 0 Å². The molecule has 0 aliphatic carbocycles. The lowest BCUT2D eigenvalue weighted by Gasteiger charge is -2.15. The zero-order chi connectivity index (χ0) is 66.9. The summed E-state index contributed by atoms with van der Waals surface area (Å²) in [6, 6.07) is 10.6. The first kappa shape index (κ1) is 79.1. The highest BCUT2D eigenvalue weighted by Crippen LogP contribution is 2.26. The summed E-state index contributed by atoms with van der Waals surface area (Å²) in [7, 11) is 8.14. The van der Waals surface area contributed by atoms with Crippen LogP contribution in [0.25, 0.3) is 0 Å². The highest BCUT2D eigenvalue weighted by atomic mass is 32.1. The molecule has 480 valence electrons. The van der Waals surface area contributed by atoms with E-state index in [4.69, 9.17) is 13.9 Å². The lowest BCUT2D eigenvalue weighted by atomic mass is 10.1. The van der Waals surface area contributed by atoms with Crippen molar-refractivity contribution in [3.63, 3.8) is 0 Å². The van der Waals surface area contributed by atoms with Crippen molar-refractivity contribution < 1.29 is 27.6 Å². The Balaban J connectivity index is 0.000000484. The summed E-state index contributed by atoms with van der Waals surface area (Å²) in [5.41, 5.74) is 25.6. The van der Waals surface area contributed by atoms with E-state index >= 15 is 0 Å².